The lowest BCUT2D eigenvalue weighted by molar-refractivity contribution is 0.159. The molecule has 2 aliphatic rings. The molecule has 0 radical (unpaired) electrons. The maximum absolute atomic E-state index is 12.2. The van der Waals surface area contributed by atoms with Crippen LogP contribution in [-0.2, 0) is 0 Å². The van der Waals surface area contributed by atoms with E-state index >= 15 is 0 Å². The van der Waals surface area contributed by atoms with Gasteiger partial charge in [0.05, 0.1) is 0 Å². The third kappa shape index (κ3) is 2.04. The van der Waals surface area contributed by atoms with Crippen LogP contribution in [0.15, 0.2) is 6.20 Å². The van der Waals surface area contributed by atoms with Crippen molar-refractivity contribution in [1.29, 1.82) is 0 Å². The quantitative estimate of drug-likeness (QED) is 0.834. The van der Waals surface area contributed by atoms with Gasteiger partial charge in [-0.25, -0.2) is 9.78 Å². The Kier molecular flexibility index (Phi) is 2.78. The van der Waals surface area contributed by atoms with E-state index in [-0.39, 0.29) is 6.03 Å². The van der Waals surface area contributed by atoms with Crippen molar-refractivity contribution < 1.29 is 4.79 Å². The molecule has 2 atom stereocenters. The SMILES string of the molecule is Cc1cnc(NC(=O)N2C3CCCC2CC3)s1. The van der Waals surface area contributed by atoms with E-state index in [2.05, 4.69) is 15.2 Å². The Balaban J connectivity index is 1.70. The maximum atomic E-state index is 12.2. The van der Waals surface area contributed by atoms with Crippen molar-refractivity contribution in [2.24, 2.45) is 0 Å². The van der Waals surface area contributed by atoms with Gasteiger partial charge < -0.3 is 4.90 Å². The van der Waals surface area contributed by atoms with Crippen LogP contribution in [0.25, 0.3) is 0 Å². The summed E-state index contributed by atoms with van der Waals surface area (Å²) in [6.07, 6.45) is 7.76. The van der Waals surface area contributed by atoms with Crippen LogP contribution >= 0.6 is 11.3 Å². The van der Waals surface area contributed by atoms with E-state index in [9.17, 15) is 4.79 Å². The first-order valence-corrected chi connectivity index (χ1v) is 7.07. The topological polar surface area (TPSA) is 45.2 Å². The average molecular weight is 251 g/mol. The molecule has 1 aromatic heterocycles. The number of carbonyl (C=O) groups is 1. The summed E-state index contributed by atoms with van der Waals surface area (Å²) in [6, 6.07) is 0.983. The molecule has 0 aromatic carbocycles. The number of fused-ring (bicyclic) bond motifs is 2. The van der Waals surface area contributed by atoms with E-state index in [0.717, 1.165) is 10.0 Å². The first-order valence-electron chi connectivity index (χ1n) is 6.26. The molecular formula is C12H17N3OS. The van der Waals surface area contributed by atoms with Crippen LogP contribution in [0.4, 0.5) is 9.93 Å². The smallest absolute Gasteiger partial charge is 0.319 e. The number of piperidine rings is 1. The highest BCUT2D eigenvalue weighted by Crippen LogP contribution is 2.35. The van der Waals surface area contributed by atoms with E-state index in [1.165, 1.54) is 43.4 Å². The van der Waals surface area contributed by atoms with Crippen LogP contribution in [0.1, 0.15) is 37.0 Å². The molecule has 4 nitrogen and oxygen atoms in total. The predicted molar refractivity (Wildman–Crippen MR) is 68.4 cm³/mol. The van der Waals surface area contributed by atoms with Gasteiger partial charge in [0.15, 0.2) is 5.13 Å². The molecule has 2 aliphatic heterocycles. The van der Waals surface area contributed by atoms with Gasteiger partial charge >= 0.3 is 6.03 Å². The first kappa shape index (κ1) is 11.0. The number of nitrogens with one attached hydrogen (secondary N) is 1. The molecule has 2 bridgehead atoms. The summed E-state index contributed by atoms with van der Waals surface area (Å²) in [5, 5.41) is 3.65. The van der Waals surface area contributed by atoms with E-state index in [1.807, 2.05) is 6.92 Å². The lowest BCUT2D eigenvalue weighted by atomic mass is 10.0. The monoisotopic (exact) mass is 251 g/mol. The fraction of sp³-hybridized carbons (Fsp3) is 0.667. The number of rotatable bonds is 1. The van der Waals surface area contributed by atoms with E-state index in [0.29, 0.717) is 12.1 Å². The van der Waals surface area contributed by atoms with Crippen LogP contribution < -0.4 is 5.32 Å². The highest BCUT2D eigenvalue weighted by Gasteiger charge is 2.39. The largest absolute Gasteiger partial charge is 0.324 e. The summed E-state index contributed by atoms with van der Waals surface area (Å²) in [5.41, 5.74) is 0. The lowest BCUT2D eigenvalue weighted by Crippen LogP contribution is -2.46. The number of aryl methyl sites for hydroxylation is 1. The van der Waals surface area contributed by atoms with Crippen molar-refractivity contribution in [3.05, 3.63) is 11.1 Å². The van der Waals surface area contributed by atoms with Crippen molar-refractivity contribution in [3.8, 4) is 0 Å². The third-order valence-electron chi connectivity index (χ3n) is 3.76. The van der Waals surface area contributed by atoms with Gasteiger partial charge in [-0.1, -0.05) is 0 Å². The minimum Gasteiger partial charge on any atom is -0.319 e. The molecule has 0 aliphatic carbocycles. The summed E-state index contributed by atoms with van der Waals surface area (Å²) in [6.45, 7) is 2.00. The van der Waals surface area contributed by atoms with Crippen molar-refractivity contribution in [3.63, 3.8) is 0 Å². The first-order chi connectivity index (χ1) is 8.24. The molecule has 2 fully saturated rings. The molecule has 0 saturated carbocycles. The molecule has 0 spiro atoms. The number of hydrogen-bond donors (Lipinski definition) is 1. The van der Waals surface area contributed by atoms with Crippen LogP contribution in [0, 0.1) is 6.92 Å². The zero-order valence-corrected chi connectivity index (χ0v) is 10.8. The molecular weight excluding hydrogens is 234 g/mol. The van der Waals surface area contributed by atoms with Crippen LogP contribution in [0.3, 0.4) is 0 Å². The summed E-state index contributed by atoms with van der Waals surface area (Å²) in [4.78, 5) is 19.6. The fourth-order valence-electron chi connectivity index (χ4n) is 3.02. The Bertz CT molecular complexity index is 415. The fourth-order valence-corrected chi connectivity index (χ4v) is 3.67. The van der Waals surface area contributed by atoms with Crippen molar-refractivity contribution in [1.82, 2.24) is 9.88 Å². The number of carbonyl (C=O) groups excluding carboxylic acids is 1. The zero-order chi connectivity index (χ0) is 11.8. The zero-order valence-electron chi connectivity index (χ0n) is 9.98. The van der Waals surface area contributed by atoms with Crippen molar-refractivity contribution >= 4 is 22.5 Å². The van der Waals surface area contributed by atoms with E-state index < -0.39 is 0 Å². The molecule has 1 N–H and O–H groups in total. The minimum absolute atomic E-state index is 0.0477. The van der Waals surface area contributed by atoms with Gasteiger partial charge in [-0.2, -0.15) is 0 Å². The molecule has 3 rings (SSSR count). The number of anilines is 1. The Morgan fingerprint density at radius 1 is 1.41 bits per heavy atom. The maximum Gasteiger partial charge on any atom is 0.324 e. The van der Waals surface area contributed by atoms with Crippen molar-refractivity contribution in [2.75, 3.05) is 5.32 Å². The van der Waals surface area contributed by atoms with Crippen LogP contribution in [-0.4, -0.2) is 28.0 Å². The van der Waals surface area contributed by atoms with E-state index in [4.69, 9.17) is 0 Å². The van der Waals surface area contributed by atoms with Gasteiger partial charge in [-0.15, -0.1) is 11.3 Å². The Labute approximate surface area is 105 Å². The highest BCUT2D eigenvalue weighted by atomic mass is 32.1. The predicted octanol–water partition coefficient (Wildman–Crippen LogP) is 3.00. The molecule has 2 unspecified atom stereocenters. The standard InChI is InChI=1S/C12H17N3OS/c1-8-7-13-11(17-8)14-12(16)15-9-3-2-4-10(15)6-5-9/h7,9-10H,2-6H2,1H3,(H,13,14,16). The summed E-state index contributed by atoms with van der Waals surface area (Å²) in [7, 11) is 0. The van der Waals surface area contributed by atoms with Gasteiger partial charge in [-0.05, 0) is 39.0 Å². The molecule has 92 valence electrons. The second-order valence-electron chi connectivity index (χ2n) is 4.93. The number of aromatic nitrogens is 1. The van der Waals surface area contributed by atoms with Gasteiger partial charge in [-0.3, -0.25) is 5.32 Å². The second kappa shape index (κ2) is 4.29. The normalized spacial score (nSPS) is 27.2. The van der Waals surface area contributed by atoms with Gasteiger partial charge in [0.25, 0.3) is 0 Å². The molecule has 2 saturated heterocycles. The highest BCUT2D eigenvalue weighted by molar-refractivity contribution is 7.15. The number of urea groups is 1. The second-order valence-corrected chi connectivity index (χ2v) is 6.16. The molecule has 3 heterocycles. The Hall–Kier alpha value is -1.10. The average Bonchev–Trinajstić information content (AvgIpc) is 2.81. The number of amides is 2. The summed E-state index contributed by atoms with van der Waals surface area (Å²) < 4.78 is 0. The van der Waals surface area contributed by atoms with Gasteiger partial charge in [0, 0.05) is 23.2 Å². The third-order valence-corrected chi connectivity index (χ3v) is 4.59. The van der Waals surface area contributed by atoms with Crippen LogP contribution in [0.2, 0.25) is 0 Å². The minimum atomic E-state index is 0.0477. The van der Waals surface area contributed by atoms with Crippen molar-refractivity contribution in [2.45, 2.75) is 51.1 Å². The van der Waals surface area contributed by atoms with Gasteiger partial charge in [0.1, 0.15) is 0 Å². The summed E-state index contributed by atoms with van der Waals surface area (Å²) in [5.74, 6) is 0. The molecule has 2 amide bonds. The Morgan fingerprint density at radius 2 is 2.12 bits per heavy atom. The lowest BCUT2D eigenvalue weighted by Gasteiger charge is -2.34. The number of hydrogen-bond acceptors (Lipinski definition) is 3. The number of thiazole rings is 1. The van der Waals surface area contributed by atoms with Gasteiger partial charge in [0.2, 0.25) is 0 Å². The summed E-state index contributed by atoms with van der Waals surface area (Å²) >= 11 is 1.53. The number of nitrogens with zero attached hydrogens (tertiary/aromatic N) is 2. The van der Waals surface area contributed by atoms with Crippen LogP contribution in [0.5, 0.6) is 0 Å². The molecule has 1 aromatic rings. The molecule has 17 heavy (non-hydrogen) atoms. The van der Waals surface area contributed by atoms with E-state index in [1.54, 1.807) is 6.20 Å². The molecule has 5 heteroatoms. The Morgan fingerprint density at radius 3 is 2.71 bits per heavy atom.